The third-order valence-electron chi connectivity index (χ3n) is 4.37. The summed E-state index contributed by atoms with van der Waals surface area (Å²) in [7, 11) is -3.28. The quantitative estimate of drug-likeness (QED) is 0.735. The van der Waals surface area contributed by atoms with Crippen LogP contribution in [-0.4, -0.2) is 26.2 Å². The van der Waals surface area contributed by atoms with Gasteiger partial charge in [0.05, 0.1) is 10.1 Å². The van der Waals surface area contributed by atoms with Crippen molar-refractivity contribution in [2.45, 2.75) is 35.8 Å². The summed E-state index contributed by atoms with van der Waals surface area (Å²) in [5.41, 5.74) is 0.540. The van der Waals surface area contributed by atoms with Crippen LogP contribution in [0.2, 0.25) is 0 Å². The number of carbonyl (C=O) groups excluding carboxylic acids is 1. The van der Waals surface area contributed by atoms with Crippen molar-refractivity contribution < 1.29 is 17.9 Å². The monoisotopic (exact) mass is 437 g/mol. The fourth-order valence-corrected chi connectivity index (χ4v) is 5.25. The minimum atomic E-state index is -3.28. The predicted molar refractivity (Wildman–Crippen MR) is 104 cm³/mol. The van der Waals surface area contributed by atoms with E-state index in [0.29, 0.717) is 16.3 Å². The average Bonchev–Trinajstić information content (AvgIpc) is 3.16. The number of benzene rings is 2. The molecule has 0 unspecified atom stereocenters. The highest BCUT2D eigenvalue weighted by molar-refractivity contribution is 9.10. The molecule has 5 nitrogen and oxygen atoms in total. The maximum atomic E-state index is 12.5. The Morgan fingerprint density at radius 3 is 2.46 bits per heavy atom. The van der Waals surface area contributed by atoms with Gasteiger partial charge in [-0.3, -0.25) is 4.79 Å². The first kappa shape index (κ1) is 18.9. The summed E-state index contributed by atoms with van der Waals surface area (Å²) in [6.07, 6.45) is 3.40. The van der Waals surface area contributed by atoms with E-state index in [9.17, 15) is 13.2 Å². The summed E-state index contributed by atoms with van der Waals surface area (Å²) in [6.45, 7) is -0.126. The van der Waals surface area contributed by atoms with E-state index in [0.717, 1.165) is 30.2 Å². The lowest BCUT2D eigenvalue weighted by molar-refractivity contribution is -0.118. The van der Waals surface area contributed by atoms with E-state index in [1.807, 2.05) is 12.1 Å². The molecular weight excluding hydrogens is 418 g/mol. The van der Waals surface area contributed by atoms with E-state index in [1.54, 1.807) is 36.4 Å². The van der Waals surface area contributed by atoms with Gasteiger partial charge in [-0.25, -0.2) is 8.42 Å². The lowest BCUT2D eigenvalue weighted by atomic mass is 10.3. The molecule has 2 aromatic rings. The highest BCUT2D eigenvalue weighted by atomic mass is 79.9. The Morgan fingerprint density at radius 2 is 1.81 bits per heavy atom. The van der Waals surface area contributed by atoms with E-state index in [4.69, 9.17) is 4.74 Å². The molecule has 1 aliphatic rings. The molecule has 1 aliphatic carbocycles. The molecule has 1 amide bonds. The van der Waals surface area contributed by atoms with E-state index >= 15 is 0 Å². The second-order valence-corrected chi connectivity index (χ2v) is 9.41. The van der Waals surface area contributed by atoms with E-state index in [-0.39, 0.29) is 17.8 Å². The van der Waals surface area contributed by atoms with Gasteiger partial charge in [-0.05, 0) is 55.3 Å². The maximum absolute atomic E-state index is 12.5. The molecule has 1 fully saturated rings. The van der Waals surface area contributed by atoms with Crippen LogP contribution >= 0.6 is 15.9 Å². The van der Waals surface area contributed by atoms with Crippen molar-refractivity contribution >= 4 is 37.4 Å². The van der Waals surface area contributed by atoms with Crippen molar-refractivity contribution in [3.05, 3.63) is 53.0 Å². The zero-order valence-electron chi connectivity index (χ0n) is 14.2. The molecule has 0 aliphatic heterocycles. The second kappa shape index (κ2) is 8.22. The summed E-state index contributed by atoms with van der Waals surface area (Å²) >= 11 is 3.34. The van der Waals surface area contributed by atoms with Crippen LogP contribution in [0, 0.1) is 0 Å². The molecule has 0 aromatic heterocycles. The minimum Gasteiger partial charge on any atom is -0.484 e. The normalized spacial score (nSPS) is 15.0. The largest absolute Gasteiger partial charge is 0.484 e. The van der Waals surface area contributed by atoms with Crippen molar-refractivity contribution in [3.8, 4) is 5.75 Å². The molecule has 0 saturated heterocycles. The van der Waals surface area contributed by atoms with E-state index in [1.165, 1.54) is 0 Å². The van der Waals surface area contributed by atoms with Crippen molar-refractivity contribution in [2.75, 3.05) is 11.9 Å². The number of ether oxygens (including phenoxy) is 1. The van der Waals surface area contributed by atoms with Crippen molar-refractivity contribution in [1.29, 1.82) is 0 Å². The molecule has 3 rings (SSSR count). The SMILES string of the molecule is O=C(COc1cccc(Br)c1)Nc1ccc(S(=O)(=O)C2CCCC2)cc1. The van der Waals surface area contributed by atoms with Crippen LogP contribution in [0.1, 0.15) is 25.7 Å². The fourth-order valence-electron chi connectivity index (χ4n) is 3.02. The van der Waals surface area contributed by atoms with E-state index < -0.39 is 9.84 Å². The Kier molecular flexibility index (Phi) is 5.98. The van der Waals surface area contributed by atoms with E-state index in [2.05, 4.69) is 21.2 Å². The molecule has 0 spiro atoms. The average molecular weight is 438 g/mol. The van der Waals surface area contributed by atoms with Crippen LogP contribution in [0.15, 0.2) is 57.9 Å². The van der Waals surface area contributed by atoms with Gasteiger partial charge in [0.1, 0.15) is 5.75 Å². The second-order valence-electron chi connectivity index (χ2n) is 6.27. The molecular formula is C19H20BrNO4S. The lowest BCUT2D eigenvalue weighted by Crippen LogP contribution is -2.20. The van der Waals surface area contributed by atoms with Crippen LogP contribution in [0.5, 0.6) is 5.75 Å². The molecule has 7 heteroatoms. The summed E-state index contributed by atoms with van der Waals surface area (Å²) in [4.78, 5) is 12.3. The standard InChI is InChI=1S/C19H20BrNO4S/c20-14-4-3-5-16(12-14)25-13-19(22)21-15-8-10-18(11-9-15)26(23,24)17-6-1-2-7-17/h3-5,8-12,17H,1-2,6-7,13H2,(H,21,22). The van der Waals surface area contributed by atoms with Crippen molar-refractivity contribution in [1.82, 2.24) is 0 Å². The Balaban J connectivity index is 1.57. The lowest BCUT2D eigenvalue weighted by Gasteiger charge is -2.12. The molecule has 1 saturated carbocycles. The predicted octanol–water partition coefficient (Wildman–Crippen LogP) is 4.18. The number of nitrogens with one attached hydrogen (secondary N) is 1. The van der Waals surface area contributed by atoms with Crippen LogP contribution in [0.3, 0.4) is 0 Å². The molecule has 0 heterocycles. The number of hydrogen-bond acceptors (Lipinski definition) is 4. The topological polar surface area (TPSA) is 72.5 Å². The van der Waals surface area contributed by atoms with Crippen LogP contribution in [-0.2, 0) is 14.6 Å². The molecule has 0 atom stereocenters. The maximum Gasteiger partial charge on any atom is 0.262 e. The molecule has 2 aromatic carbocycles. The summed E-state index contributed by atoms with van der Waals surface area (Å²) in [6, 6.07) is 13.6. The first-order chi connectivity index (χ1) is 12.4. The van der Waals surface area contributed by atoms with Crippen LogP contribution in [0.25, 0.3) is 0 Å². The third-order valence-corrected chi connectivity index (χ3v) is 7.15. The number of sulfone groups is 1. The number of anilines is 1. The first-order valence-electron chi connectivity index (χ1n) is 8.47. The number of amides is 1. The van der Waals surface area contributed by atoms with Gasteiger partial charge in [0.15, 0.2) is 16.4 Å². The zero-order valence-corrected chi connectivity index (χ0v) is 16.6. The summed E-state index contributed by atoms with van der Waals surface area (Å²) < 4.78 is 31.4. The number of carbonyl (C=O) groups is 1. The minimum absolute atomic E-state index is 0.126. The molecule has 1 N–H and O–H groups in total. The van der Waals surface area contributed by atoms with Gasteiger partial charge >= 0.3 is 0 Å². The van der Waals surface area contributed by atoms with Crippen LogP contribution < -0.4 is 10.1 Å². The fraction of sp³-hybridized carbons (Fsp3) is 0.316. The van der Waals surface area contributed by atoms with Crippen molar-refractivity contribution in [3.63, 3.8) is 0 Å². The Labute approximate surface area is 161 Å². The number of hydrogen-bond donors (Lipinski definition) is 1. The molecule has 138 valence electrons. The number of rotatable bonds is 6. The van der Waals surface area contributed by atoms with Crippen LogP contribution in [0.4, 0.5) is 5.69 Å². The van der Waals surface area contributed by atoms with Crippen molar-refractivity contribution in [2.24, 2.45) is 0 Å². The Morgan fingerprint density at radius 1 is 1.12 bits per heavy atom. The molecule has 26 heavy (non-hydrogen) atoms. The van der Waals surface area contributed by atoms with Gasteiger partial charge in [-0.2, -0.15) is 0 Å². The third kappa shape index (κ3) is 4.65. The highest BCUT2D eigenvalue weighted by Gasteiger charge is 2.30. The first-order valence-corrected chi connectivity index (χ1v) is 10.8. The van der Waals surface area contributed by atoms with Gasteiger partial charge in [-0.15, -0.1) is 0 Å². The van der Waals surface area contributed by atoms with Gasteiger partial charge < -0.3 is 10.1 Å². The summed E-state index contributed by atoms with van der Waals surface area (Å²) in [5.74, 6) is 0.281. The highest BCUT2D eigenvalue weighted by Crippen LogP contribution is 2.30. The molecule has 0 radical (unpaired) electrons. The Bertz CT molecular complexity index is 875. The van der Waals surface area contributed by atoms with Gasteiger partial charge in [0.25, 0.3) is 5.91 Å². The summed E-state index contributed by atoms with van der Waals surface area (Å²) in [5, 5.41) is 2.43. The Hall–Kier alpha value is -1.86. The number of halogens is 1. The van der Waals surface area contributed by atoms with Gasteiger partial charge in [-0.1, -0.05) is 34.8 Å². The zero-order chi connectivity index (χ0) is 18.6. The smallest absolute Gasteiger partial charge is 0.262 e. The van der Waals surface area contributed by atoms with Gasteiger partial charge in [0.2, 0.25) is 0 Å². The molecule has 0 bridgehead atoms. The van der Waals surface area contributed by atoms with Gasteiger partial charge in [0, 0.05) is 10.2 Å².